The fourth-order valence-corrected chi connectivity index (χ4v) is 3.25. The quantitative estimate of drug-likeness (QED) is 0.594. The van der Waals surface area contributed by atoms with Crippen LogP contribution in [-0.2, 0) is 11.4 Å². The summed E-state index contributed by atoms with van der Waals surface area (Å²) in [5.41, 5.74) is 7.26. The molecule has 1 aliphatic heterocycles. The molecule has 0 amide bonds. The topological polar surface area (TPSA) is 75.7 Å². The number of rotatable bonds is 2. The van der Waals surface area contributed by atoms with E-state index in [1.165, 1.54) is 6.07 Å². The van der Waals surface area contributed by atoms with Gasteiger partial charge in [0.25, 0.3) is 0 Å². The lowest BCUT2D eigenvalue weighted by molar-refractivity contribution is 1.31. The van der Waals surface area contributed by atoms with Gasteiger partial charge in [0.1, 0.15) is 17.2 Å². The summed E-state index contributed by atoms with van der Waals surface area (Å²) >= 11 is 25.2. The predicted octanol–water partition coefficient (Wildman–Crippen LogP) is 5.75. The second-order valence-electron chi connectivity index (χ2n) is 3.99. The lowest BCUT2D eigenvalue weighted by Crippen LogP contribution is -2.00. The Morgan fingerprint density at radius 1 is 0.905 bits per heavy atom. The molecule has 3 N–H and O–H groups in total. The largest absolute Gasteiger partial charge is 0.382 e. The van der Waals surface area contributed by atoms with E-state index in [4.69, 9.17) is 52.1 Å². The molecular weight excluding hydrogens is 376 g/mol. The summed E-state index contributed by atoms with van der Waals surface area (Å²) in [6.07, 6.45) is 0. The molecule has 0 aliphatic carbocycles. The minimum atomic E-state index is 0.154. The van der Waals surface area contributed by atoms with Crippen LogP contribution in [-0.4, -0.2) is 4.98 Å². The number of pyridine rings is 1. The number of halogens is 4. The molecule has 0 bridgehead atoms. The van der Waals surface area contributed by atoms with Crippen LogP contribution in [0.3, 0.4) is 0 Å². The maximum atomic E-state index is 6.20. The van der Waals surface area contributed by atoms with Gasteiger partial charge in [-0.15, -0.1) is 0 Å². The highest BCUT2D eigenvalue weighted by molar-refractivity contribution is 7.58. The van der Waals surface area contributed by atoms with Crippen molar-refractivity contribution < 1.29 is 0 Å². The van der Waals surface area contributed by atoms with Crippen LogP contribution in [0.25, 0.3) is 0 Å². The van der Waals surface area contributed by atoms with Gasteiger partial charge in [-0.05, 0) is 12.1 Å². The average molecular weight is 381 g/mol. The van der Waals surface area contributed by atoms with Crippen molar-refractivity contribution in [3.05, 3.63) is 32.2 Å². The molecule has 0 fully saturated rings. The van der Waals surface area contributed by atoms with Crippen molar-refractivity contribution in [1.29, 1.82) is 0 Å². The van der Waals surface area contributed by atoms with Crippen molar-refractivity contribution >= 4 is 86.5 Å². The summed E-state index contributed by atoms with van der Waals surface area (Å²) in [4.78, 5) is 4.09. The van der Waals surface area contributed by atoms with Gasteiger partial charge in [0.2, 0.25) is 0 Å². The second kappa shape index (κ2) is 5.62. The summed E-state index contributed by atoms with van der Waals surface area (Å²) in [7, 11) is 0. The van der Waals surface area contributed by atoms with Gasteiger partial charge in [0.05, 0.1) is 37.1 Å². The maximum Gasteiger partial charge on any atom is 0.151 e. The van der Waals surface area contributed by atoms with Crippen LogP contribution >= 0.6 is 46.4 Å². The molecule has 1 aromatic heterocycles. The number of aromatic nitrogens is 1. The molecule has 2 aromatic rings. The molecule has 5 nitrogen and oxygen atoms in total. The zero-order valence-electron chi connectivity index (χ0n) is 9.99. The van der Waals surface area contributed by atoms with Crippen molar-refractivity contribution in [2.45, 2.75) is 0 Å². The van der Waals surface area contributed by atoms with Crippen LogP contribution in [0.5, 0.6) is 0 Å². The molecule has 0 saturated heterocycles. The van der Waals surface area contributed by atoms with E-state index in [0.29, 0.717) is 37.9 Å². The summed E-state index contributed by atoms with van der Waals surface area (Å²) in [6, 6.07) is 3.07. The van der Waals surface area contributed by atoms with Crippen LogP contribution in [0.2, 0.25) is 20.1 Å². The molecule has 3 rings (SSSR count). The Morgan fingerprint density at radius 2 is 1.57 bits per heavy atom. The first-order valence-corrected chi connectivity index (χ1v) is 7.70. The number of nitrogen functional groups attached to an aromatic ring is 1. The van der Waals surface area contributed by atoms with E-state index >= 15 is 0 Å². The number of hydrogen-bond donors (Lipinski definition) is 2. The lowest BCUT2D eigenvalue weighted by atomic mass is 10.2. The average Bonchev–Trinajstić information content (AvgIpc) is 2.90. The molecule has 21 heavy (non-hydrogen) atoms. The minimum Gasteiger partial charge on any atom is -0.382 e. The third kappa shape index (κ3) is 2.69. The minimum absolute atomic E-state index is 0.154. The molecule has 108 valence electrons. The van der Waals surface area contributed by atoms with E-state index in [1.54, 1.807) is 6.07 Å². The first-order chi connectivity index (χ1) is 9.97. The number of benzene rings is 1. The Morgan fingerprint density at radius 3 is 2.33 bits per heavy atom. The van der Waals surface area contributed by atoms with Crippen molar-refractivity contribution in [2.75, 3.05) is 11.1 Å². The monoisotopic (exact) mass is 379 g/mol. The fraction of sp³-hybridized carbons (Fsp3) is 0. The number of nitrogens with one attached hydrogen (secondary N) is 1. The van der Waals surface area contributed by atoms with Crippen molar-refractivity contribution in [3.63, 3.8) is 0 Å². The van der Waals surface area contributed by atoms with E-state index < -0.39 is 0 Å². The molecule has 1 aromatic carbocycles. The van der Waals surface area contributed by atoms with Crippen LogP contribution in [0, 0.1) is 0 Å². The number of anilines is 3. The van der Waals surface area contributed by atoms with Gasteiger partial charge in [-0.1, -0.05) is 46.4 Å². The number of fused-ring (bicyclic) bond motifs is 1. The standard InChI is InChI=1S/C11H5Cl4N5S/c12-3-1-4(13)8-9(20-21-19-8)7(3)17-11-6(15)2-5(14)10(16)18-11/h1-2H,(H3,16,17,18). The molecule has 0 unspecified atom stereocenters. The fourth-order valence-electron chi connectivity index (χ4n) is 1.68. The normalized spacial score (nSPS) is 12.2. The van der Waals surface area contributed by atoms with Crippen molar-refractivity contribution in [2.24, 2.45) is 8.73 Å². The number of hydrogen-bond acceptors (Lipinski definition) is 5. The van der Waals surface area contributed by atoms with E-state index in [2.05, 4.69) is 19.0 Å². The maximum absolute atomic E-state index is 6.20. The highest BCUT2D eigenvalue weighted by Crippen LogP contribution is 2.48. The highest BCUT2D eigenvalue weighted by atomic mass is 35.5. The molecule has 0 atom stereocenters. The van der Waals surface area contributed by atoms with Gasteiger partial charge in [-0.25, -0.2) is 4.98 Å². The first kappa shape index (κ1) is 14.9. The molecule has 0 spiro atoms. The van der Waals surface area contributed by atoms with Gasteiger partial charge in [0, 0.05) is 0 Å². The third-order valence-corrected chi connectivity index (χ3v) is 4.35. The number of nitrogens with zero attached hydrogens (tertiary/aromatic N) is 3. The van der Waals surface area contributed by atoms with Crippen LogP contribution in [0.1, 0.15) is 0 Å². The van der Waals surface area contributed by atoms with Crippen molar-refractivity contribution in [3.8, 4) is 0 Å². The zero-order valence-corrected chi connectivity index (χ0v) is 13.8. The summed E-state index contributed by atoms with van der Waals surface area (Å²) in [6.45, 7) is 0. The van der Waals surface area contributed by atoms with E-state index in [-0.39, 0.29) is 10.8 Å². The van der Waals surface area contributed by atoms with Crippen LogP contribution in [0.15, 0.2) is 20.9 Å². The Hall–Kier alpha value is -1.05. The smallest absolute Gasteiger partial charge is 0.151 e. The third-order valence-electron chi connectivity index (χ3n) is 2.64. The van der Waals surface area contributed by atoms with Crippen molar-refractivity contribution in [1.82, 2.24) is 4.98 Å². The van der Waals surface area contributed by atoms with E-state index in [0.717, 1.165) is 11.4 Å². The molecule has 1 aliphatic rings. The van der Waals surface area contributed by atoms with Gasteiger partial charge in [-0.2, -0.15) is 8.73 Å². The Labute approximate surface area is 143 Å². The summed E-state index contributed by atoms with van der Waals surface area (Å²) in [5.74, 6) is 0.471. The SMILES string of the molecule is Nc1nc(Nc2c(Cl)cc(Cl)c3c2N=S=N3)c(Cl)cc1Cl. The Kier molecular flexibility index (Phi) is 3.98. The summed E-state index contributed by atoms with van der Waals surface area (Å²) in [5, 5.41) is 4.36. The van der Waals surface area contributed by atoms with E-state index in [1.807, 2.05) is 0 Å². The van der Waals surface area contributed by atoms with Gasteiger partial charge < -0.3 is 11.1 Å². The highest BCUT2D eigenvalue weighted by Gasteiger charge is 2.20. The number of nitrogens with two attached hydrogens (primary N) is 1. The molecule has 0 radical (unpaired) electrons. The Balaban J connectivity index is 2.10. The second-order valence-corrected chi connectivity index (χ2v) is 6.14. The Bertz CT molecular complexity index is 832. The molecule has 10 heteroatoms. The zero-order chi connectivity index (χ0) is 15.1. The summed E-state index contributed by atoms with van der Waals surface area (Å²) < 4.78 is 8.29. The van der Waals surface area contributed by atoms with Crippen LogP contribution < -0.4 is 11.1 Å². The first-order valence-electron chi connectivity index (χ1n) is 5.46. The molecule has 0 saturated carbocycles. The predicted molar refractivity (Wildman–Crippen MR) is 90.0 cm³/mol. The lowest BCUT2D eigenvalue weighted by Gasteiger charge is -2.13. The van der Waals surface area contributed by atoms with Gasteiger partial charge in [-0.3, -0.25) is 0 Å². The van der Waals surface area contributed by atoms with Gasteiger partial charge >= 0.3 is 0 Å². The molecular formula is C11H5Cl4N5S. The van der Waals surface area contributed by atoms with Gasteiger partial charge in [0.15, 0.2) is 5.82 Å². The van der Waals surface area contributed by atoms with E-state index in [9.17, 15) is 0 Å². The molecule has 2 heterocycles. The van der Waals surface area contributed by atoms with Crippen LogP contribution in [0.4, 0.5) is 28.7 Å².